The first-order chi connectivity index (χ1) is 9.79. The molecule has 0 aliphatic rings. The van der Waals surface area contributed by atoms with Crippen molar-refractivity contribution in [1.82, 2.24) is 15.5 Å². The van der Waals surface area contributed by atoms with E-state index >= 15 is 0 Å². The number of aromatic nitrogens is 2. The minimum absolute atomic E-state index is 0.266. The first-order valence-corrected chi connectivity index (χ1v) is 6.47. The molecule has 0 saturated carbocycles. The topological polar surface area (TPSA) is 79.0 Å². The molecule has 0 unspecified atom stereocenters. The minimum atomic E-state index is -0.266. The Labute approximate surface area is 117 Å². The number of benzene rings is 1. The fourth-order valence-electron chi connectivity index (χ4n) is 1.75. The third kappa shape index (κ3) is 4.10. The summed E-state index contributed by atoms with van der Waals surface area (Å²) in [5.74, 6) is 0. The number of hydrogen-bond acceptors (Lipinski definition) is 3. The average Bonchev–Trinajstić information content (AvgIpc) is 2.96. The van der Waals surface area contributed by atoms with Gasteiger partial charge in [0.05, 0.1) is 18.5 Å². The Kier molecular flexibility index (Phi) is 5.14. The molecule has 6 nitrogen and oxygen atoms in total. The van der Waals surface area contributed by atoms with Crippen LogP contribution in [0.4, 0.5) is 10.5 Å². The molecule has 106 valence electrons. The van der Waals surface area contributed by atoms with Crippen LogP contribution in [0.15, 0.2) is 36.7 Å². The second-order valence-corrected chi connectivity index (χ2v) is 4.20. The summed E-state index contributed by atoms with van der Waals surface area (Å²) < 4.78 is 5.41. The van der Waals surface area contributed by atoms with Crippen molar-refractivity contribution < 1.29 is 9.53 Å². The summed E-state index contributed by atoms with van der Waals surface area (Å²) in [5, 5.41) is 11.9. The highest BCUT2D eigenvalue weighted by Gasteiger charge is 2.05. The monoisotopic (exact) mass is 274 g/mol. The quantitative estimate of drug-likeness (QED) is 0.756. The molecule has 0 aliphatic heterocycles. The molecule has 1 aromatic carbocycles. The largest absolute Gasteiger partial charge is 0.377 e. The van der Waals surface area contributed by atoms with Crippen molar-refractivity contribution in [2.24, 2.45) is 0 Å². The van der Waals surface area contributed by atoms with E-state index in [0.29, 0.717) is 25.4 Å². The smallest absolute Gasteiger partial charge is 0.319 e. The van der Waals surface area contributed by atoms with Crippen molar-refractivity contribution in [3.05, 3.63) is 47.8 Å². The summed E-state index contributed by atoms with van der Waals surface area (Å²) in [6.07, 6.45) is 3.16. The lowest BCUT2D eigenvalue weighted by molar-refractivity contribution is 0.133. The van der Waals surface area contributed by atoms with E-state index in [1.807, 2.05) is 31.2 Å². The molecule has 0 saturated heterocycles. The van der Waals surface area contributed by atoms with Crippen LogP contribution in [-0.4, -0.2) is 22.8 Å². The van der Waals surface area contributed by atoms with Gasteiger partial charge in [0.25, 0.3) is 0 Å². The molecular formula is C14H18N4O2. The van der Waals surface area contributed by atoms with Crippen LogP contribution < -0.4 is 10.6 Å². The zero-order valence-electron chi connectivity index (χ0n) is 11.3. The van der Waals surface area contributed by atoms with E-state index in [9.17, 15) is 4.79 Å². The first kappa shape index (κ1) is 14.1. The maximum Gasteiger partial charge on any atom is 0.319 e. The van der Waals surface area contributed by atoms with Gasteiger partial charge in [-0.05, 0) is 18.1 Å². The molecule has 0 fully saturated rings. The van der Waals surface area contributed by atoms with Crippen molar-refractivity contribution in [3.8, 4) is 0 Å². The lowest BCUT2D eigenvalue weighted by Gasteiger charge is -2.11. The highest BCUT2D eigenvalue weighted by molar-refractivity contribution is 5.88. The van der Waals surface area contributed by atoms with E-state index < -0.39 is 0 Å². The van der Waals surface area contributed by atoms with Crippen LogP contribution in [0.3, 0.4) is 0 Å². The molecule has 0 aliphatic carbocycles. The summed E-state index contributed by atoms with van der Waals surface area (Å²) in [6.45, 7) is 3.63. The molecule has 1 aromatic heterocycles. The molecule has 2 aromatic rings. The van der Waals surface area contributed by atoms with E-state index in [0.717, 1.165) is 11.1 Å². The Hall–Kier alpha value is -2.34. The lowest BCUT2D eigenvalue weighted by Crippen LogP contribution is -2.28. The van der Waals surface area contributed by atoms with Crippen molar-refractivity contribution in [2.75, 3.05) is 11.9 Å². The molecule has 0 radical (unpaired) electrons. The van der Waals surface area contributed by atoms with E-state index in [2.05, 4.69) is 20.8 Å². The van der Waals surface area contributed by atoms with Gasteiger partial charge in [-0.3, -0.25) is 5.10 Å². The summed E-state index contributed by atoms with van der Waals surface area (Å²) in [5.41, 5.74) is 2.76. The highest BCUT2D eigenvalue weighted by Crippen LogP contribution is 2.10. The molecular weight excluding hydrogens is 256 g/mol. The third-order valence-corrected chi connectivity index (χ3v) is 2.78. The van der Waals surface area contributed by atoms with Gasteiger partial charge in [-0.15, -0.1) is 0 Å². The summed E-state index contributed by atoms with van der Waals surface area (Å²) in [4.78, 5) is 11.7. The Morgan fingerprint density at radius 1 is 1.35 bits per heavy atom. The predicted molar refractivity (Wildman–Crippen MR) is 76.2 cm³/mol. The number of nitrogens with one attached hydrogen (secondary N) is 3. The third-order valence-electron chi connectivity index (χ3n) is 2.78. The number of anilines is 1. The SMILES string of the molecule is CCOCc1ccccc1CNC(=O)Nc1cn[nH]c1. The second kappa shape index (κ2) is 7.30. The van der Waals surface area contributed by atoms with Gasteiger partial charge in [-0.2, -0.15) is 5.10 Å². The Bertz CT molecular complexity index is 540. The highest BCUT2D eigenvalue weighted by atomic mass is 16.5. The van der Waals surface area contributed by atoms with Crippen LogP contribution in [0.2, 0.25) is 0 Å². The molecule has 0 atom stereocenters. The van der Waals surface area contributed by atoms with E-state index in [1.165, 1.54) is 0 Å². The Balaban J connectivity index is 1.88. The van der Waals surface area contributed by atoms with Gasteiger partial charge < -0.3 is 15.4 Å². The predicted octanol–water partition coefficient (Wildman–Crippen LogP) is 2.27. The van der Waals surface area contributed by atoms with Crippen molar-refractivity contribution >= 4 is 11.7 Å². The maximum absolute atomic E-state index is 11.7. The molecule has 3 N–H and O–H groups in total. The zero-order valence-corrected chi connectivity index (χ0v) is 11.3. The van der Waals surface area contributed by atoms with E-state index in [1.54, 1.807) is 12.4 Å². The Morgan fingerprint density at radius 3 is 2.85 bits per heavy atom. The van der Waals surface area contributed by atoms with E-state index in [-0.39, 0.29) is 6.03 Å². The fraction of sp³-hybridized carbons (Fsp3) is 0.286. The van der Waals surface area contributed by atoms with Crippen LogP contribution in [0, 0.1) is 0 Å². The molecule has 0 spiro atoms. The normalized spacial score (nSPS) is 10.2. The van der Waals surface area contributed by atoms with Gasteiger partial charge in [0.1, 0.15) is 0 Å². The summed E-state index contributed by atoms with van der Waals surface area (Å²) >= 11 is 0. The molecule has 1 heterocycles. The lowest BCUT2D eigenvalue weighted by atomic mass is 10.1. The second-order valence-electron chi connectivity index (χ2n) is 4.20. The van der Waals surface area contributed by atoms with E-state index in [4.69, 9.17) is 4.74 Å². The molecule has 6 heteroatoms. The number of carbonyl (C=O) groups excluding carboxylic acids is 1. The zero-order chi connectivity index (χ0) is 14.2. The van der Waals surface area contributed by atoms with Crippen LogP contribution in [-0.2, 0) is 17.9 Å². The number of H-pyrrole nitrogens is 1. The first-order valence-electron chi connectivity index (χ1n) is 6.47. The number of urea groups is 1. The van der Waals surface area contributed by atoms with Gasteiger partial charge in [0.2, 0.25) is 0 Å². The number of hydrogen-bond donors (Lipinski definition) is 3. The molecule has 2 rings (SSSR count). The van der Waals surface area contributed by atoms with Gasteiger partial charge in [0, 0.05) is 19.3 Å². The van der Waals surface area contributed by atoms with Gasteiger partial charge in [0.15, 0.2) is 0 Å². The Morgan fingerprint density at radius 2 is 2.15 bits per heavy atom. The fourth-order valence-corrected chi connectivity index (χ4v) is 1.75. The summed E-state index contributed by atoms with van der Waals surface area (Å²) in [6, 6.07) is 7.62. The van der Waals surface area contributed by atoms with Crippen LogP contribution in [0.1, 0.15) is 18.1 Å². The van der Waals surface area contributed by atoms with Crippen molar-refractivity contribution in [1.29, 1.82) is 0 Å². The number of carbonyl (C=O) groups is 1. The number of nitrogens with zero attached hydrogens (tertiary/aromatic N) is 1. The van der Waals surface area contributed by atoms with Gasteiger partial charge in [-0.25, -0.2) is 4.79 Å². The standard InChI is InChI=1S/C14H18N4O2/c1-2-20-10-12-6-4-3-5-11(12)7-15-14(19)18-13-8-16-17-9-13/h3-6,8-9H,2,7,10H2,1H3,(H,16,17)(H2,15,18,19). The molecule has 2 amide bonds. The molecule has 20 heavy (non-hydrogen) atoms. The van der Waals surface area contributed by atoms with Crippen LogP contribution in [0.25, 0.3) is 0 Å². The van der Waals surface area contributed by atoms with Gasteiger partial charge >= 0.3 is 6.03 Å². The van der Waals surface area contributed by atoms with Crippen LogP contribution >= 0.6 is 0 Å². The maximum atomic E-state index is 11.7. The van der Waals surface area contributed by atoms with Gasteiger partial charge in [-0.1, -0.05) is 24.3 Å². The van der Waals surface area contributed by atoms with Crippen molar-refractivity contribution in [3.63, 3.8) is 0 Å². The summed E-state index contributed by atoms with van der Waals surface area (Å²) in [7, 11) is 0. The molecule has 0 bridgehead atoms. The number of ether oxygens (including phenoxy) is 1. The van der Waals surface area contributed by atoms with Crippen molar-refractivity contribution in [2.45, 2.75) is 20.1 Å². The number of rotatable bonds is 6. The van der Waals surface area contributed by atoms with Crippen LogP contribution in [0.5, 0.6) is 0 Å². The average molecular weight is 274 g/mol. The number of amides is 2. The minimum Gasteiger partial charge on any atom is -0.377 e. The number of aromatic amines is 1.